The number of nitriles is 1. The first-order valence-corrected chi connectivity index (χ1v) is 9.33. The van der Waals surface area contributed by atoms with Crippen LogP contribution in [-0.2, 0) is 4.79 Å². The number of aryl methyl sites for hydroxylation is 1. The molecular formula is C19H23N4OS+. The Bertz CT molecular complexity index is 786. The lowest BCUT2D eigenvalue weighted by Crippen LogP contribution is -3.15. The van der Waals surface area contributed by atoms with Crippen LogP contribution in [0.25, 0.3) is 0 Å². The molecule has 1 fully saturated rings. The fraction of sp³-hybridized carbons (Fsp3) is 0.368. The Hall–Kier alpha value is -2.36. The Morgan fingerprint density at radius 3 is 2.60 bits per heavy atom. The molecule has 25 heavy (non-hydrogen) atoms. The zero-order valence-electron chi connectivity index (χ0n) is 14.6. The first kappa shape index (κ1) is 17.5. The lowest BCUT2D eigenvalue weighted by molar-refractivity contribution is -0.892. The third-order valence-corrected chi connectivity index (χ3v) is 5.88. The van der Waals surface area contributed by atoms with Gasteiger partial charge in [0.1, 0.15) is 11.1 Å². The van der Waals surface area contributed by atoms with Gasteiger partial charge in [0.15, 0.2) is 6.54 Å². The first-order valence-electron chi connectivity index (χ1n) is 8.52. The summed E-state index contributed by atoms with van der Waals surface area (Å²) in [4.78, 5) is 17.1. The maximum Gasteiger partial charge on any atom is 0.280 e. The molecule has 1 aromatic heterocycles. The van der Waals surface area contributed by atoms with Gasteiger partial charge < -0.3 is 15.1 Å². The van der Waals surface area contributed by atoms with E-state index in [2.05, 4.69) is 40.6 Å². The van der Waals surface area contributed by atoms with E-state index >= 15 is 0 Å². The van der Waals surface area contributed by atoms with Gasteiger partial charge >= 0.3 is 0 Å². The average Bonchev–Trinajstić information content (AvgIpc) is 2.89. The Labute approximate surface area is 152 Å². The lowest BCUT2D eigenvalue weighted by atomic mass is 10.2. The topological polar surface area (TPSA) is 60.6 Å². The fourth-order valence-corrected chi connectivity index (χ4v) is 4.17. The normalized spacial score (nSPS) is 15.0. The third kappa shape index (κ3) is 4.01. The molecule has 0 saturated carbocycles. The largest absolute Gasteiger partial charge is 0.360 e. The second kappa shape index (κ2) is 7.68. The molecule has 1 aliphatic heterocycles. The van der Waals surface area contributed by atoms with Gasteiger partial charge in [-0.15, -0.1) is 11.3 Å². The molecule has 1 aliphatic rings. The molecule has 2 N–H and O–H groups in total. The van der Waals surface area contributed by atoms with Crippen LogP contribution in [0.2, 0.25) is 0 Å². The highest BCUT2D eigenvalue weighted by atomic mass is 32.1. The van der Waals surface area contributed by atoms with Crippen molar-refractivity contribution in [2.75, 3.05) is 42.9 Å². The number of piperazine rings is 1. The number of thiophene rings is 1. The highest BCUT2D eigenvalue weighted by Gasteiger charge is 2.23. The maximum absolute atomic E-state index is 12.4. The van der Waals surface area contributed by atoms with Crippen molar-refractivity contribution in [3.8, 4) is 6.07 Å². The molecule has 130 valence electrons. The van der Waals surface area contributed by atoms with E-state index in [4.69, 9.17) is 0 Å². The fourth-order valence-electron chi connectivity index (χ4n) is 3.14. The molecule has 0 radical (unpaired) electrons. The minimum absolute atomic E-state index is 0.0130. The number of carbonyl (C=O) groups is 1. The second-order valence-corrected chi connectivity index (χ2v) is 7.62. The van der Waals surface area contributed by atoms with Crippen molar-refractivity contribution in [3.63, 3.8) is 0 Å². The quantitative estimate of drug-likeness (QED) is 0.875. The first-order chi connectivity index (χ1) is 12.1. The van der Waals surface area contributed by atoms with Crippen LogP contribution in [0.3, 0.4) is 0 Å². The van der Waals surface area contributed by atoms with Crippen LogP contribution in [0, 0.1) is 25.2 Å². The van der Waals surface area contributed by atoms with E-state index in [1.54, 1.807) is 0 Å². The van der Waals surface area contributed by atoms with Crippen molar-refractivity contribution in [2.45, 2.75) is 13.8 Å². The van der Waals surface area contributed by atoms with Crippen molar-refractivity contribution >= 4 is 27.9 Å². The maximum atomic E-state index is 12.4. The molecule has 0 spiro atoms. The number of carbonyl (C=O) groups excluding carboxylic acids is 1. The summed E-state index contributed by atoms with van der Waals surface area (Å²) in [5.41, 5.74) is 2.81. The number of hydrogen-bond donors (Lipinski definition) is 2. The third-order valence-electron chi connectivity index (χ3n) is 4.75. The molecule has 2 aromatic rings. The highest BCUT2D eigenvalue weighted by Crippen LogP contribution is 2.31. The van der Waals surface area contributed by atoms with Gasteiger partial charge in [-0.3, -0.25) is 4.79 Å². The molecule has 0 aliphatic carbocycles. The van der Waals surface area contributed by atoms with E-state index in [0.29, 0.717) is 17.1 Å². The standard InChI is InChI=1S/C19H22N4OS/c1-14-15(2)25-19(17(14)12-20)21-18(24)13-22-8-10-23(11-9-22)16-6-4-3-5-7-16/h3-7H,8-11,13H2,1-2H3,(H,21,24)/p+1. The van der Waals surface area contributed by atoms with Crippen LogP contribution < -0.4 is 15.1 Å². The summed E-state index contributed by atoms with van der Waals surface area (Å²) in [7, 11) is 0. The van der Waals surface area contributed by atoms with Crippen LogP contribution in [0.5, 0.6) is 0 Å². The van der Waals surface area contributed by atoms with Crippen LogP contribution in [0.4, 0.5) is 10.7 Å². The SMILES string of the molecule is Cc1sc(NC(=O)C[NH+]2CCN(c3ccccc3)CC2)c(C#N)c1C. The summed E-state index contributed by atoms with van der Waals surface area (Å²) in [5, 5.41) is 12.9. The van der Waals surface area contributed by atoms with Crippen LogP contribution >= 0.6 is 11.3 Å². The summed E-state index contributed by atoms with van der Waals surface area (Å²) in [6.45, 7) is 8.13. The smallest absolute Gasteiger partial charge is 0.280 e. The van der Waals surface area contributed by atoms with Crippen LogP contribution in [0.1, 0.15) is 16.0 Å². The molecule has 2 heterocycles. The van der Waals surface area contributed by atoms with Gasteiger partial charge in [0.25, 0.3) is 5.91 Å². The van der Waals surface area contributed by atoms with E-state index < -0.39 is 0 Å². The van der Waals surface area contributed by atoms with Gasteiger partial charge in [-0.2, -0.15) is 5.26 Å². The predicted molar refractivity (Wildman–Crippen MR) is 101 cm³/mol. The van der Waals surface area contributed by atoms with Gasteiger partial charge in [0.2, 0.25) is 0 Å². The number of benzene rings is 1. The molecule has 0 unspecified atom stereocenters. The van der Waals surface area contributed by atoms with Gasteiger partial charge in [0.05, 0.1) is 31.7 Å². The summed E-state index contributed by atoms with van der Waals surface area (Å²) in [6, 6.07) is 12.6. The van der Waals surface area contributed by atoms with E-state index in [-0.39, 0.29) is 5.91 Å². The van der Waals surface area contributed by atoms with Gasteiger partial charge in [0, 0.05) is 10.6 Å². The zero-order valence-corrected chi connectivity index (χ0v) is 15.4. The number of quaternary nitrogens is 1. The number of nitrogens with zero attached hydrogens (tertiary/aromatic N) is 2. The number of anilines is 2. The summed E-state index contributed by atoms with van der Waals surface area (Å²) >= 11 is 1.48. The Morgan fingerprint density at radius 1 is 1.28 bits per heavy atom. The Kier molecular flexibility index (Phi) is 5.37. The van der Waals surface area contributed by atoms with Crippen LogP contribution in [0.15, 0.2) is 30.3 Å². The Balaban J connectivity index is 1.53. The highest BCUT2D eigenvalue weighted by molar-refractivity contribution is 7.16. The number of para-hydroxylation sites is 1. The summed E-state index contributed by atoms with van der Waals surface area (Å²) in [6.07, 6.45) is 0. The number of nitrogens with one attached hydrogen (secondary N) is 2. The lowest BCUT2D eigenvalue weighted by Gasteiger charge is -2.33. The van der Waals surface area contributed by atoms with Crippen molar-refractivity contribution in [1.82, 2.24) is 0 Å². The van der Waals surface area contributed by atoms with Gasteiger partial charge in [-0.25, -0.2) is 0 Å². The summed E-state index contributed by atoms with van der Waals surface area (Å²) < 4.78 is 0. The molecule has 0 bridgehead atoms. The molecule has 5 nitrogen and oxygen atoms in total. The Morgan fingerprint density at radius 2 is 1.96 bits per heavy atom. The molecular weight excluding hydrogens is 332 g/mol. The van der Waals surface area contributed by atoms with Gasteiger partial charge in [-0.05, 0) is 31.5 Å². The van der Waals surface area contributed by atoms with Gasteiger partial charge in [-0.1, -0.05) is 18.2 Å². The average molecular weight is 355 g/mol. The van der Waals surface area contributed by atoms with E-state index in [1.165, 1.54) is 21.9 Å². The molecule has 1 saturated heterocycles. The predicted octanol–water partition coefficient (Wildman–Crippen LogP) is 1.58. The monoisotopic (exact) mass is 355 g/mol. The molecule has 6 heteroatoms. The van der Waals surface area contributed by atoms with Crippen LogP contribution in [-0.4, -0.2) is 38.6 Å². The molecule has 0 atom stereocenters. The number of hydrogen-bond acceptors (Lipinski definition) is 4. The van der Waals surface area contributed by atoms with Crippen molar-refractivity contribution in [3.05, 3.63) is 46.3 Å². The van der Waals surface area contributed by atoms with Crippen molar-refractivity contribution in [1.29, 1.82) is 5.26 Å². The number of rotatable bonds is 4. The second-order valence-electron chi connectivity index (χ2n) is 6.40. The molecule has 1 amide bonds. The van der Waals surface area contributed by atoms with Crippen molar-refractivity contribution < 1.29 is 9.69 Å². The van der Waals surface area contributed by atoms with E-state index in [1.807, 2.05) is 19.9 Å². The zero-order chi connectivity index (χ0) is 17.8. The molecule has 3 rings (SSSR count). The number of amides is 1. The molecule has 1 aromatic carbocycles. The minimum atomic E-state index is -0.0130. The minimum Gasteiger partial charge on any atom is -0.360 e. The van der Waals surface area contributed by atoms with E-state index in [9.17, 15) is 10.1 Å². The van der Waals surface area contributed by atoms with Crippen molar-refractivity contribution in [2.24, 2.45) is 0 Å². The summed E-state index contributed by atoms with van der Waals surface area (Å²) in [5.74, 6) is -0.0130. The van der Waals surface area contributed by atoms with E-state index in [0.717, 1.165) is 36.6 Å².